The van der Waals surface area contributed by atoms with Crippen LogP contribution in [0.1, 0.15) is 27.8 Å². The van der Waals surface area contributed by atoms with Crippen molar-refractivity contribution in [1.29, 1.82) is 0 Å². The first-order valence-corrected chi connectivity index (χ1v) is 7.19. The number of alkyl halides is 1. The van der Waals surface area contributed by atoms with Crippen LogP contribution in [0.2, 0.25) is 0 Å². The zero-order valence-electron chi connectivity index (χ0n) is 9.51. The maximum Gasteiger partial charge on any atom is 0.161 e. The summed E-state index contributed by atoms with van der Waals surface area (Å²) in [5.74, 6) is -2.95. The van der Waals surface area contributed by atoms with Crippen LogP contribution in [0.15, 0.2) is 23.6 Å². The highest BCUT2D eigenvalue weighted by molar-refractivity contribution is 9.09. The summed E-state index contributed by atoms with van der Waals surface area (Å²) in [7, 11) is 0. The van der Waals surface area contributed by atoms with Gasteiger partial charge in [0.05, 0.1) is 4.83 Å². The Balaban J connectivity index is 2.46. The summed E-state index contributed by atoms with van der Waals surface area (Å²) in [6, 6.07) is 3.44. The van der Waals surface area contributed by atoms with Crippen molar-refractivity contribution < 1.29 is 13.2 Å². The number of hydrogen-bond acceptors (Lipinski definition) is 1. The molecular formula is C13H10BrF3S. The molecule has 2 rings (SSSR count). The van der Waals surface area contributed by atoms with Crippen LogP contribution in [0.25, 0.3) is 0 Å². The number of aryl methyl sites for hydroxylation is 1. The van der Waals surface area contributed by atoms with Crippen LogP contribution in [0.5, 0.6) is 0 Å². The van der Waals surface area contributed by atoms with Gasteiger partial charge in [-0.05, 0) is 29.5 Å². The van der Waals surface area contributed by atoms with E-state index in [1.165, 1.54) is 11.3 Å². The topological polar surface area (TPSA) is 0 Å². The molecule has 5 heteroatoms. The quantitative estimate of drug-likeness (QED) is 0.533. The Morgan fingerprint density at radius 1 is 1.17 bits per heavy atom. The average Bonchev–Trinajstić information content (AvgIpc) is 2.81. The van der Waals surface area contributed by atoms with E-state index in [1.807, 2.05) is 18.4 Å². The van der Waals surface area contributed by atoms with Gasteiger partial charge < -0.3 is 0 Å². The van der Waals surface area contributed by atoms with E-state index in [1.54, 1.807) is 0 Å². The number of benzene rings is 1. The van der Waals surface area contributed by atoms with Crippen molar-refractivity contribution in [3.05, 3.63) is 57.0 Å². The van der Waals surface area contributed by atoms with Crippen LogP contribution in [0.4, 0.5) is 13.2 Å². The smallest absolute Gasteiger partial charge is 0.161 e. The van der Waals surface area contributed by atoms with Gasteiger partial charge in [-0.15, -0.1) is 11.3 Å². The fourth-order valence-corrected chi connectivity index (χ4v) is 3.69. The molecule has 96 valence electrons. The monoisotopic (exact) mass is 334 g/mol. The highest BCUT2D eigenvalue weighted by Crippen LogP contribution is 2.38. The molecule has 0 fully saturated rings. The maximum absolute atomic E-state index is 13.7. The summed E-state index contributed by atoms with van der Waals surface area (Å²) in [6.07, 6.45) is 0.812. The minimum atomic E-state index is -1.17. The van der Waals surface area contributed by atoms with Crippen LogP contribution in [-0.2, 0) is 6.42 Å². The van der Waals surface area contributed by atoms with Gasteiger partial charge in [0.2, 0.25) is 0 Å². The first-order chi connectivity index (χ1) is 8.54. The lowest BCUT2D eigenvalue weighted by atomic mass is 10.1. The highest BCUT2D eigenvalue weighted by Gasteiger charge is 2.21. The first-order valence-electron chi connectivity index (χ1n) is 5.39. The molecule has 0 radical (unpaired) electrons. The van der Waals surface area contributed by atoms with Crippen LogP contribution >= 0.6 is 27.3 Å². The molecule has 0 aliphatic heterocycles. The van der Waals surface area contributed by atoms with E-state index in [-0.39, 0.29) is 5.56 Å². The standard InChI is InChI=1S/C13H10BrF3S/c1-2-7-3-4-18-13(7)12(14)8-5-10(16)11(17)6-9(8)15/h3-6,12H,2H2,1H3. The van der Waals surface area contributed by atoms with Crippen molar-refractivity contribution in [2.45, 2.75) is 18.2 Å². The first kappa shape index (κ1) is 13.6. The second-order valence-electron chi connectivity index (χ2n) is 3.81. The van der Waals surface area contributed by atoms with E-state index in [2.05, 4.69) is 15.9 Å². The summed E-state index contributed by atoms with van der Waals surface area (Å²) in [5, 5.41) is 1.90. The van der Waals surface area contributed by atoms with E-state index in [9.17, 15) is 13.2 Å². The molecular weight excluding hydrogens is 325 g/mol. The molecule has 0 spiro atoms. The van der Waals surface area contributed by atoms with Crippen molar-refractivity contribution in [2.24, 2.45) is 0 Å². The van der Waals surface area contributed by atoms with Crippen molar-refractivity contribution in [1.82, 2.24) is 0 Å². The number of rotatable bonds is 3. The van der Waals surface area contributed by atoms with E-state index in [0.717, 1.165) is 22.9 Å². The minimum absolute atomic E-state index is 0.117. The molecule has 0 aliphatic carbocycles. The lowest BCUT2D eigenvalue weighted by molar-refractivity contribution is 0.491. The fourth-order valence-electron chi connectivity index (χ4n) is 1.74. The molecule has 1 atom stereocenters. The summed E-state index contributed by atoms with van der Waals surface area (Å²) in [6.45, 7) is 1.99. The second kappa shape index (κ2) is 5.45. The third-order valence-electron chi connectivity index (χ3n) is 2.70. The third-order valence-corrected chi connectivity index (χ3v) is 4.98. The van der Waals surface area contributed by atoms with Gasteiger partial charge >= 0.3 is 0 Å². The predicted octanol–water partition coefficient (Wildman–Crippen LogP) is 5.21. The van der Waals surface area contributed by atoms with Crippen LogP contribution in [0.3, 0.4) is 0 Å². The Morgan fingerprint density at radius 3 is 2.50 bits per heavy atom. The van der Waals surface area contributed by atoms with Gasteiger partial charge in [0.25, 0.3) is 0 Å². The molecule has 1 heterocycles. The van der Waals surface area contributed by atoms with E-state index < -0.39 is 22.3 Å². The molecule has 0 aliphatic rings. The van der Waals surface area contributed by atoms with Crippen molar-refractivity contribution in [2.75, 3.05) is 0 Å². The maximum atomic E-state index is 13.7. The summed E-state index contributed by atoms with van der Waals surface area (Å²) in [5.41, 5.74) is 1.19. The molecule has 18 heavy (non-hydrogen) atoms. The largest absolute Gasteiger partial charge is 0.207 e. The van der Waals surface area contributed by atoms with Gasteiger partial charge in [0.1, 0.15) is 5.82 Å². The van der Waals surface area contributed by atoms with Crippen LogP contribution in [0, 0.1) is 17.5 Å². The molecule has 0 amide bonds. The van der Waals surface area contributed by atoms with Crippen LogP contribution < -0.4 is 0 Å². The van der Waals surface area contributed by atoms with E-state index in [0.29, 0.717) is 6.07 Å². The van der Waals surface area contributed by atoms with Gasteiger partial charge in [-0.2, -0.15) is 0 Å². The summed E-state index contributed by atoms with van der Waals surface area (Å²) in [4.78, 5) is 0.463. The van der Waals surface area contributed by atoms with Gasteiger partial charge in [0, 0.05) is 16.5 Å². The number of thiophene rings is 1. The molecule has 0 saturated heterocycles. The average molecular weight is 335 g/mol. The lowest BCUT2D eigenvalue weighted by Crippen LogP contribution is -2.00. The van der Waals surface area contributed by atoms with Crippen molar-refractivity contribution >= 4 is 27.3 Å². The SMILES string of the molecule is CCc1ccsc1C(Br)c1cc(F)c(F)cc1F. The Hall–Kier alpha value is -0.810. The molecule has 0 bridgehead atoms. The Labute approximate surface area is 116 Å². The zero-order valence-corrected chi connectivity index (χ0v) is 11.9. The molecule has 1 aromatic carbocycles. The van der Waals surface area contributed by atoms with E-state index >= 15 is 0 Å². The Bertz CT molecular complexity index is 565. The zero-order chi connectivity index (χ0) is 13.3. The fraction of sp³-hybridized carbons (Fsp3) is 0.231. The van der Waals surface area contributed by atoms with Gasteiger partial charge in [0.15, 0.2) is 11.6 Å². The molecule has 0 N–H and O–H groups in total. The third kappa shape index (κ3) is 2.47. The molecule has 0 nitrogen and oxygen atoms in total. The molecule has 1 aromatic heterocycles. The van der Waals surface area contributed by atoms with Gasteiger partial charge in [-0.25, -0.2) is 13.2 Å². The predicted molar refractivity (Wildman–Crippen MR) is 70.8 cm³/mol. The molecule has 2 aromatic rings. The molecule has 0 saturated carbocycles. The Kier molecular flexibility index (Phi) is 4.12. The Morgan fingerprint density at radius 2 is 1.83 bits per heavy atom. The normalized spacial score (nSPS) is 12.7. The number of hydrogen-bond donors (Lipinski definition) is 0. The van der Waals surface area contributed by atoms with E-state index in [4.69, 9.17) is 0 Å². The second-order valence-corrected chi connectivity index (χ2v) is 5.68. The number of halogens is 4. The summed E-state index contributed by atoms with van der Waals surface area (Å²) < 4.78 is 39.7. The summed E-state index contributed by atoms with van der Waals surface area (Å²) >= 11 is 4.82. The minimum Gasteiger partial charge on any atom is -0.207 e. The highest BCUT2D eigenvalue weighted by atomic mass is 79.9. The van der Waals surface area contributed by atoms with Crippen LogP contribution in [-0.4, -0.2) is 0 Å². The van der Waals surface area contributed by atoms with Crippen molar-refractivity contribution in [3.8, 4) is 0 Å². The van der Waals surface area contributed by atoms with Crippen molar-refractivity contribution in [3.63, 3.8) is 0 Å². The lowest BCUT2D eigenvalue weighted by Gasteiger charge is -2.12. The van der Waals surface area contributed by atoms with Gasteiger partial charge in [-0.1, -0.05) is 22.9 Å². The molecule has 1 unspecified atom stereocenters. The van der Waals surface area contributed by atoms with Gasteiger partial charge in [-0.3, -0.25) is 0 Å².